The predicted molar refractivity (Wildman–Crippen MR) is 101 cm³/mol. The van der Waals surface area contributed by atoms with Crippen molar-refractivity contribution in [2.24, 2.45) is 0 Å². The highest BCUT2D eigenvalue weighted by Gasteiger charge is 2.20. The topological polar surface area (TPSA) is 66.5 Å². The van der Waals surface area contributed by atoms with Gasteiger partial charge in [0.25, 0.3) is 0 Å². The molecule has 0 bridgehead atoms. The van der Waals surface area contributed by atoms with Crippen LogP contribution in [0, 0.1) is 0 Å². The van der Waals surface area contributed by atoms with Crippen molar-refractivity contribution in [1.29, 1.82) is 0 Å². The third-order valence-corrected chi connectivity index (χ3v) is 5.12. The number of sulfonamides is 1. The maximum atomic E-state index is 12.2. The molecular weight excluding hydrogens is 392 g/mol. The summed E-state index contributed by atoms with van der Waals surface area (Å²) in [5, 5.41) is 2.70. The summed E-state index contributed by atoms with van der Waals surface area (Å²) in [5.41, 5.74) is 2.19. The first-order chi connectivity index (χ1) is 11.3. The summed E-state index contributed by atoms with van der Waals surface area (Å²) < 4.78 is 26.1. The number of benzene rings is 2. The van der Waals surface area contributed by atoms with Crippen LogP contribution in [0.5, 0.6) is 0 Å². The van der Waals surface area contributed by atoms with E-state index < -0.39 is 15.9 Å². The molecule has 2 aromatic rings. The number of rotatable bonds is 6. The largest absolute Gasteiger partial charge is 0.325 e. The Balaban J connectivity index is 2.16. The lowest BCUT2D eigenvalue weighted by Gasteiger charge is -2.22. The molecule has 2 rings (SSSR count). The van der Waals surface area contributed by atoms with Crippen molar-refractivity contribution in [2.75, 3.05) is 22.4 Å². The molecule has 1 amide bonds. The summed E-state index contributed by atoms with van der Waals surface area (Å²) in [7, 11) is -3.57. The number of amides is 1. The number of hydrogen-bond donors (Lipinski definition) is 1. The molecule has 0 aliphatic carbocycles. The van der Waals surface area contributed by atoms with Gasteiger partial charge in [-0.25, -0.2) is 8.42 Å². The first-order valence-corrected chi connectivity index (χ1v) is 10.1. The van der Waals surface area contributed by atoms with Gasteiger partial charge in [-0.2, -0.15) is 0 Å². The Labute approximate surface area is 150 Å². The number of nitrogens with zero attached hydrogens (tertiary/aromatic N) is 1. The Hall–Kier alpha value is -1.86. The van der Waals surface area contributed by atoms with Crippen molar-refractivity contribution in [1.82, 2.24) is 0 Å². The Morgan fingerprint density at radius 1 is 1.08 bits per heavy atom. The molecule has 128 valence electrons. The summed E-state index contributed by atoms with van der Waals surface area (Å²) >= 11 is 3.32. The normalized spacial score (nSPS) is 11.1. The third-order valence-electron chi connectivity index (χ3n) is 3.45. The van der Waals surface area contributed by atoms with E-state index in [1.165, 1.54) is 0 Å². The predicted octanol–water partition coefficient (Wildman–Crippen LogP) is 3.42. The standard InChI is InChI=1S/C17H19BrN2O3S/c1-3-13-4-10-16(11-5-13)20(24(2,22)23)12-17(21)19-15-8-6-14(18)7-9-15/h4-11H,3,12H2,1-2H3,(H,19,21). The van der Waals surface area contributed by atoms with Crippen molar-refractivity contribution >= 4 is 43.2 Å². The molecule has 0 spiro atoms. The lowest BCUT2D eigenvalue weighted by Crippen LogP contribution is -2.37. The average molecular weight is 411 g/mol. The fraction of sp³-hybridized carbons (Fsp3) is 0.235. The third kappa shape index (κ3) is 5.07. The van der Waals surface area contributed by atoms with Crippen molar-refractivity contribution in [3.63, 3.8) is 0 Å². The van der Waals surface area contributed by atoms with Gasteiger partial charge < -0.3 is 5.32 Å². The second-order valence-corrected chi connectivity index (χ2v) is 8.17. The molecule has 24 heavy (non-hydrogen) atoms. The maximum absolute atomic E-state index is 12.2. The van der Waals surface area contributed by atoms with Crippen molar-refractivity contribution in [3.8, 4) is 0 Å². The monoisotopic (exact) mass is 410 g/mol. The van der Waals surface area contributed by atoms with Crippen LogP contribution in [0.25, 0.3) is 0 Å². The zero-order valence-electron chi connectivity index (χ0n) is 13.5. The van der Waals surface area contributed by atoms with E-state index in [0.717, 1.165) is 27.0 Å². The second-order valence-electron chi connectivity index (χ2n) is 5.34. The molecule has 0 heterocycles. The minimum atomic E-state index is -3.57. The molecular formula is C17H19BrN2O3S. The van der Waals surface area contributed by atoms with Crippen molar-refractivity contribution in [3.05, 3.63) is 58.6 Å². The first kappa shape index (κ1) is 18.5. The first-order valence-electron chi connectivity index (χ1n) is 7.41. The highest BCUT2D eigenvalue weighted by molar-refractivity contribution is 9.10. The number of carbonyl (C=O) groups excluding carboxylic acids is 1. The lowest BCUT2D eigenvalue weighted by atomic mass is 10.1. The number of halogens is 1. The second kappa shape index (κ2) is 7.81. The van der Waals surface area contributed by atoms with Crippen molar-refractivity contribution in [2.45, 2.75) is 13.3 Å². The molecule has 1 N–H and O–H groups in total. The SMILES string of the molecule is CCc1ccc(N(CC(=O)Nc2ccc(Br)cc2)S(C)(=O)=O)cc1. The van der Waals surface area contributed by atoms with E-state index in [9.17, 15) is 13.2 Å². The van der Waals surface area contributed by atoms with Gasteiger partial charge in [0.05, 0.1) is 11.9 Å². The summed E-state index contributed by atoms with van der Waals surface area (Å²) in [4.78, 5) is 12.2. The molecule has 0 saturated heterocycles. The number of aryl methyl sites for hydroxylation is 1. The van der Waals surface area contributed by atoms with Crippen LogP contribution in [0.3, 0.4) is 0 Å². The van der Waals surface area contributed by atoms with Crippen LogP contribution in [0.1, 0.15) is 12.5 Å². The van der Waals surface area contributed by atoms with E-state index in [2.05, 4.69) is 21.2 Å². The van der Waals surface area contributed by atoms with Crippen LogP contribution in [-0.2, 0) is 21.2 Å². The van der Waals surface area contributed by atoms with E-state index in [1.54, 1.807) is 36.4 Å². The lowest BCUT2D eigenvalue weighted by molar-refractivity contribution is -0.114. The Bertz CT molecular complexity index is 803. The Morgan fingerprint density at radius 2 is 1.67 bits per heavy atom. The molecule has 0 atom stereocenters. The minimum absolute atomic E-state index is 0.277. The molecule has 2 aromatic carbocycles. The van der Waals surface area contributed by atoms with Gasteiger partial charge >= 0.3 is 0 Å². The van der Waals surface area contributed by atoms with Crippen LogP contribution < -0.4 is 9.62 Å². The average Bonchev–Trinajstić information content (AvgIpc) is 2.54. The number of carbonyl (C=O) groups is 1. The van der Waals surface area contributed by atoms with Gasteiger partial charge in [0, 0.05) is 10.2 Å². The van der Waals surface area contributed by atoms with Crippen LogP contribution in [-0.4, -0.2) is 27.1 Å². The van der Waals surface area contributed by atoms with Gasteiger partial charge in [0.1, 0.15) is 6.54 Å². The molecule has 0 radical (unpaired) electrons. The van der Waals surface area contributed by atoms with Gasteiger partial charge in [-0.3, -0.25) is 9.10 Å². The van der Waals surface area contributed by atoms with E-state index in [4.69, 9.17) is 0 Å². The fourth-order valence-corrected chi connectivity index (χ4v) is 3.28. The van der Waals surface area contributed by atoms with Gasteiger partial charge in [0.15, 0.2) is 0 Å². The van der Waals surface area contributed by atoms with E-state index >= 15 is 0 Å². The fourth-order valence-electron chi connectivity index (χ4n) is 2.16. The van der Waals surface area contributed by atoms with Gasteiger partial charge in [-0.15, -0.1) is 0 Å². The number of hydrogen-bond acceptors (Lipinski definition) is 3. The quantitative estimate of drug-likeness (QED) is 0.792. The summed E-state index contributed by atoms with van der Waals surface area (Å²) in [6.45, 7) is 1.75. The zero-order chi connectivity index (χ0) is 17.7. The molecule has 5 nitrogen and oxygen atoms in total. The Morgan fingerprint density at radius 3 is 2.17 bits per heavy atom. The zero-order valence-corrected chi connectivity index (χ0v) is 15.9. The molecule has 7 heteroatoms. The highest BCUT2D eigenvalue weighted by atomic mass is 79.9. The molecule has 0 unspecified atom stereocenters. The molecule has 0 aromatic heterocycles. The van der Waals surface area contributed by atoms with Gasteiger partial charge in [-0.1, -0.05) is 35.0 Å². The molecule has 0 aliphatic heterocycles. The molecule has 0 fully saturated rings. The van der Waals surface area contributed by atoms with Crippen LogP contribution in [0.2, 0.25) is 0 Å². The smallest absolute Gasteiger partial charge is 0.245 e. The van der Waals surface area contributed by atoms with Gasteiger partial charge in [0.2, 0.25) is 15.9 Å². The van der Waals surface area contributed by atoms with Crippen molar-refractivity contribution < 1.29 is 13.2 Å². The molecule has 0 aliphatic rings. The summed E-state index contributed by atoms with van der Waals surface area (Å²) in [5.74, 6) is -0.401. The number of anilines is 2. The Kier molecular flexibility index (Phi) is 6.01. The van der Waals surface area contributed by atoms with E-state index in [-0.39, 0.29) is 6.54 Å². The number of nitrogens with one attached hydrogen (secondary N) is 1. The van der Waals surface area contributed by atoms with E-state index in [1.807, 2.05) is 19.1 Å². The molecule has 0 saturated carbocycles. The summed E-state index contributed by atoms with van der Waals surface area (Å²) in [6, 6.07) is 14.2. The van der Waals surface area contributed by atoms with Gasteiger partial charge in [-0.05, 0) is 48.4 Å². The van der Waals surface area contributed by atoms with E-state index in [0.29, 0.717) is 11.4 Å². The van der Waals surface area contributed by atoms with Crippen LogP contribution >= 0.6 is 15.9 Å². The maximum Gasteiger partial charge on any atom is 0.245 e. The van der Waals surface area contributed by atoms with Crippen LogP contribution in [0.4, 0.5) is 11.4 Å². The van der Waals surface area contributed by atoms with Crippen LogP contribution in [0.15, 0.2) is 53.0 Å². The highest BCUT2D eigenvalue weighted by Crippen LogP contribution is 2.19. The summed E-state index contributed by atoms with van der Waals surface area (Å²) in [6.07, 6.45) is 1.96. The minimum Gasteiger partial charge on any atom is -0.325 e.